The Balaban J connectivity index is 1.97. The molecule has 0 saturated heterocycles. The summed E-state index contributed by atoms with van der Waals surface area (Å²) in [6.45, 7) is 0.837. The minimum atomic E-state index is -0.387. The van der Waals surface area contributed by atoms with Gasteiger partial charge in [0, 0.05) is 37.3 Å². The molecule has 2 aromatic carbocycles. The summed E-state index contributed by atoms with van der Waals surface area (Å²) < 4.78 is 5.31. The molecule has 0 heterocycles. The van der Waals surface area contributed by atoms with Gasteiger partial charge in [-0.2, -0.15) is 0 Å². The Bertz CT molecular complexity index is 731. The van der Waals surface area contributed by atoms with E-state index in [1.807, 2.05) is 24.3 Å². The summed E-state index contributed by atoms with van der Waals surface area (Å²) in [5, 5.41) is 17.3. The van der Waals surface area contributed by atoms with Gasteiger partial charge in [-0.3, -0.25) is 15.1 Å². The van der Waals surface area contributed by atoms with E-state index >= 15 is 0 Å². The van der Waals surface area contributed by atoms with E-state index in [1.165, 1.54) is 6.07 Å². The summed E-state index contributed by atoms with van der Waals surface area (Å²) in [5.41, 5.74) is 1.68. The van der Waals surface area contributed by atoms with Crippen molar-refractivity contribution in [3.63, 3.8) is 0 Å². The maximum absolute atomic E-state index is 11.0. The average Bonchev–Trinajstić information content (AvgIpc) is 2.62. The summed E-state index contributed by atoms with van der Waals surface area (Å²) in [4.78, 5) is 14.8. The van der Waals surface area contributed by atoms with Crippen LogP contribution in [0.2, 0.25) is 0 Å². The van der Waals surface area contributed by atoms with Gasteiger partial charge in [-0.1, -0.05) is 36.4 Å². The molecule has 0 radical (unpaired) electrons. The van der Waals surface area contributed by atoms with Crippen LogP contribution in [0.1, 0.15) is 11.1 Å². The Morgan fingerprint density at radius 1 is 1.08 bits per heavy atom. The summed E-state index contributed by atoms with van der Waals surface area (Å²) in [7, 11) is 3.28. The Kier molecular flexibility index (Phi) is 6.13. The number of ether oxygens (including phenoxy) is 1. The van der Waals surface area contributed by atoms with Crippen LogP contribution in [-0.2, 0) is 13.1 Å². The second kappa shape index (κ2) is 8.52. The van der Waals surface area contributed by atoms with E-state index < -0.39 is 0 Å². The number of methoxy groups -OCH3 is 1. The maximum Gasteiger partial charge on any atom is 0.274 e. The van der Waals surface area contributed by atoms with E-state index in [1.54, 1.807) is 32.4 Å². The Morgan fingerprint density at radius 3 is 2.29 bits per heavy atom. The molecule has 0 fully saturated rings. The zero-order valence-electron chi connectivity index (χ0n) is 13.7. The normalized spacial score (nSPS) is 11.0. The molecule has 0 aliphatic carbocycles. The highest BCUT2D eigenvalue weighted by atomic mass is 16.6. The van der Waals surface area contributed by atoms with Crippen molar-refractivity contribution < 1.29 is 9.66 Å². The first-order valence-corrected chi connectivity index (χ1v) is 7.44. The molecular formula is C17H20N4O3. The monoisotopic (exact) mass is 328 g/mol. The fourth-order valence-corrected chi connectivity index (χ4v) is 2.27. The van der Waals surface area contributed by atoms with Crippen molar-refractivity contribution in [2.75, 3.05) is 14.2 Å². The van der Waals surface area contributed by atoms with Crippen LogP contribution < -0.4 is 15.4 Å². The number of hydrogen-bond acceptors (Lipinski definition) is 4. The Labute approximate surface area is 140 Å². The van der Waals surface area contributed by atoms with Gasteiger partial charge in [-0.05, 0) is 6.07 Å². The molecule has 2 N–H and O–H groups in total. The number of para-hydroxylation sites is 2. The van der Waals surface area contributed by atoms with Gasteiger partial charge in [0.25, 0.3) is 5.69 Å². The average molecular weight is 328 g/mol. The number of benzene rings is 2. The van der Waals surface area contributed by atoms with Crippen molar-refractivity contribution >= 4 is 11.6 Å². The zero-order chi connectivity index (χ0) is 17.4. The van der Waals surface area contributed by atoms with Crippen molar-refractivity contribution in [2.45, 2.75) is 13.1 Å². The molecule has 0 unspecified atom stereocenters. The van der Waals surface area contributed by atoms with Crippen LogP contribution in [0.5, 0.6) is 5.75 Å². The molecular weight excluding hydrogens is 308 g/mol. The predicted octanol–water partition coefficient (Wildman–Crippen LogP) is 2.47. The van der Waals surface area contributed by atoms with Crippen molar-refractivity contribution in [3.8, 4) is 5.75 Å². The largest absolute Gasteiger partial charge is 0.496 e. The smallest absolute Gasteiger partial charge is 0.274 e. The molecule has 7 nitrogen and oxygen atoms in total. The number of hydrogen-bond donors (Lipinski definition) is 2. The number of rotatable bonds is 6. The highest BCUT2D eigenvalue weighted by Crippen LogP contribution is 2.18. The molecule has 2 rings (SSSR count). The van der Waals surface area contributed by atoms with Gasteiger partial charge >= 0.3 is 0 Å². The number of nitro benzene ring substituents is 1. The lowest BCUT2D eigenvalue weighted by Gasteiger charge is -2.13. The van der Waals surface area contributed by atoms with E-state index in [0.29, 0.717) is 24.6 Å². The highest BCUT2D eigenvalue weighted by Gasteiger charge is 2.12. The summed E-state index contributed by atoms with van der Waals surface area (Å²) in [6, 6.07) is 14.3. The molecule has 126 valence electrons. The van der Waals surface area contributed by atoms with Crippen molar-refractivity contribution in [3.05, 3.63) is 69.8 Å². The third kappa shape index (κ3) is 4.45. The molecule has 0 atom stereocenters. The molecule has 0 spiro atoms. The first-order chi connectivity index (χ1) is 11.7. The second-order valence-electron chi connectivity index (χ2n) is 4.98. The fourth-order valence-electron chi connectivity index (χ4n) is 2.27. The molecule has 0 saturated carbocycles. The molecule has 0 aliphatic rings. The topological polar surface area (TPSA) is 88.8 Å². The van der Waals surface area contributed by atoms with E-state index in [0.717, 1.165) is 11.3 Å². The van der Waals surface area contributed by atoms with Gasteiger partial charge < -0.3 is 15.4 Å². The molecule has 0 bridgehead atoms. The van der Waals surface area contributed by atoms with Crippen LogP contribution >= 0.6 is 0 Å². The lowest BCUT2D eigenvalue weighted by atomic mass is 10.2. The minimum Gasteiger partial charge on any atom is -0.496 e. The van der Waals surface area contributed by atoms with Gasteiger partial charge in [0.1, 0.15) is 5.75 Å². The van der Waals surface area contributed by atoms with Crippen LogP contribution in [0.25, 0.3) is 0 Å². The van der Waals surface area contributed by atoms with Gasteiger partial charge in [0.05, 0.1) is 12.0 Å². The first-order valence-electron chi connectivity index (χ1n) is 7.44. The molecule has 2 aromatic rings. The number of nitro groups is 1. The fraction of sp³-hybridized carbons (Fsp3) is 0.235. The van der Waals surface area contributed by atoms with E-state index in [-0.39, 0.29) is 10.6 Å². The number of nitrogens with one attached hydrogen (secondary N) is 2. The van der Waals surface area contributed by atoms with Crippen LogP contribution in [0.4, 0.5) is 5.69 Å². The van der Waals surface area contributed by atoms with E-state index in [4.69, 9.17) is 4.74 Å². The van der Waals surface area contributed by atoms with Crippen LogP contribution in [0.3, 0.4) is 0 Å². The number of guanidine groups is 1. The standard InChI is InChI=1S/C17H20N4O3/c1-18-17(20-12-14-8-4-6-10-16(14)24-2)19-11-13-7-3-5-9-15(13)21(22)23/h3-10H,11-12H2,1-2H3,(H2,18,19,20). The maximum atomic E-state index is 11.0. The third-order valence-electron chi connectivity index (χ3n) is 3.50. The van der Waals surface area contributed by atoms with Gasteiger partial charge in [0.2, 0.25) is 0 Å². The summed E-state index contributed by atoms with van der Waals surface area (Å²) in [5.74, 6) is 1.35. The Morgan fingerprint density at radius 2 is 1.67 bits per heavy atom. The molecule has 7 heteroatoms. The van der Waals surface area contributed by atoms with Crippen LogP contribution in [0, 0.1) is 10.1 Å². The van der Waals surface area contributed by atoms with Crippen molar-refractivity contribution in [2.24, 2.45) is 4.99 Å². The Hall–Kier alpha value is -3.09. The zero-order valence-corrected chi connectivity index (χ0v) is 13.7. The highest BCUT2D eigenvalue weighted by molar-refractivity contribution is 5.79. The van der Waals surface area contributed by atoms with Crippen molar-refractivity contribution in [1.29, 1.82) is 0 Å². The first kappa shape index (κ1) is 17.3. The summed E-state index contributed by atoms with van der Waals surface area (Å²) in [6.07, 6.45) is 0. The predicted molar refractivity (Wildman–Crippen MR) is 93.1 cm³/mol. The second-order valence-corrected chi connectivity index (χ2v) is 4.98. The third-order valence-corrected chi connectivity index (χ3v) is 3.50. The van der Waals surface area contributed by atoms with Crippen LogP contribution in [-0.4, -0.2) is 25.0 Å². The van der Waals surface area contributed by atoms with Gasteiger partial charge in [-0.15, -0.1) is 0 Å². The lowest BCUT2D eigenvalue weighted by molar-refractivity contribution is -0.385. The van der Waals surface area contributed by atoms with Crippen molar-refractivity contribution in [1.82, 2.24) is 10.6 Å². The van der Waals surface area contributed by atoms with E-state index in [9.17, 15) is 10.1 Å². The quantitative estimate of drug-likeness (QED) is 0.368. The number of nitrogens with zero attached hydrogens (tertiary/aromatic N) is 2. The molecule has 24 heavy (non-hydrogen) atoms. The summed E-state index contributed by atoms with van der Waals surface area (Å²) >= 11 is 0. The molecule has 0 aromatic heterocycles. The number of aliphatic imine (C=N–C) groups is 1. The van der Waals surface area contributed by atoms with Gasteiger partial charge in [0.15, 0.2) is 5.96 Å². The van der Waals surface area contributed by atoms with Gasteiger partial charge in [-0.25, -0.2) is 0 Å². The molecule has 0 aliphatic heterocycles. The van der Waals surface area contributed by atoms with E-state index in [2.05, 4.69) is 15.6 Å². The minimum absolute atomic E-state index is 0.0881. The SMILES string of the molecule is CN=C(NCc1ccccc1OC)NCc1ccccc1[N+](=O)[O-]. The lowest BCUT2D eigenvalue weighted by Crippen LogP contribution is -2.36. The van der Waals surface area contributed by atoms with Crippen LogP contribution in [0.15, 0.2) is 53.5 Å². The molecule has 0 amide bonds.